The molecule has 2 fully saturated rings. The van der Waals surface area contributed by atoms with Crippen LogP contribution in [0.15, 0.2) is 72.8 Å². The Morgan fingerprint density at radius 3 is 1.57 bits per heavy atom. The molecular weight excluding hydrogens is 665 g/mol. The van der Waals surface area contributed by atoms with Crippen molar-refractivity contribution in [2.24, 2.45) is 0 Å². The molecule has 53 heavy (non-hydrogen) atoms. The summed E-state index contributed by atoms with van der Waals surface area (Å²) < 4.78 is 32.6. The van der Waals surface area contributed by atoms with Gasteiger partial charge in [-0.25, -0.2) is 0 Å². The number of hydrogen-bond acceptors (Lipinski definition) is 7. The predicted octanol–water partition coefficient (Wildman–Crippen LogP) is 7.87. The van der Waals surface area contributed by atoms with Crippen molar-refractivity contribution in [3.63, 3.8) is 0 Å². The number of rotatable bonds is 13. The van der Waals surface area contributed by atoms with Gasteiger partial charge in [0.15, 0.2) is 6.29 Å². The summed E-state index contributed by atoms with van der Waals surface area (Å²) in [5.41, 5.74) is 7.10. The van der Waals surface area contributed by atoms with Crippen LogP contribution >= 0.6 is 0 Å². The monoisotopic (exact) mass is 728 g/mol. The second-order valence-corrected chi connectivity index (χ2v) is 17.9. The lowest BCUT2D eigenvalue weighted by Crippen LogP contribution is -2.67. The van der Waals surface area contributed by atoms with E-state index in [1.165, 1.54) is 16.7 Å². The van der Waals surface area contributed by atoms with E-state index in [0.29, 0.717) is 19.8 Å². The summed E-state index contributed by atoms with van der Waals surface area (Å²) in [6.07, 6.45) is -0.763. The van der Waals surface area contributed by atoms with Gasteiger partial charge in [0.25, 0.3) is 0 Å². The summed E-state index contributed by atoms with van der Waals surface area (Å²) in [6, 6.07) is 24.8. The third-order valence-corrected chi connectivity index (χ3v) is 10.5. The second-order valence-electron chi connectivity index (χ2n) is 17.9. The van der Waals surface area contributed by atoms with Crippen molar-refractivity contribution in [2.45, 2.75) is 148 Å². The van der Waals surface area contributed by atoms with E-state index in [1.807, 2.05) is 0 Å². The number of ether oxygens (including phenoxy) is 5. The summed E-state index contributed by atoms with van der Waals surface area (Å²) in [7, 11) is 1.60. The Morgan fingerprint density at radius 1 is 0.698 bits per heavy atom. The molecule has 5 rings (SSSR count). The number of carbonyl (C=O) groups excluding carboxylic acids is 1. The lowest BCUT2D eigenvalue weighted by Gasteiger charge is -2.46. The van der Waals surface area contributed by atoms with Crippen LogP contribution in [0.3, 0.4) is 0 Å². The molecule has 8 nitrogen and oxygen atoms in total. The average Bonchev–Trinajstić information content (AvgIpc) is 3.66. The summed E-state index contributed by atoms with van der Waals surface area (Å²) in [5.74, 6) is -0.0915. The van der Waals surface area contributed by atoms with Crippen LogP contribution in [-0.2, 0) is 64.5 Å². The molecule has 2 saturated heterocycles. The van der Waals surface area contributed by atoms with Crippen LogP contribution in [0.5, 0.6) is 0 Å². The molecule has 3 aromatic rings. The second kappa shape index (κ2) is 17.6. The van der Waals surface area contributed by atoms with Crippen LogP contribution in [0.1, 0.15) is 109 Å². The Labute approximate surface area is 318 Å². The van der Waals surface area contributed by atoms with Crippen LogP contribution in [0.4, 0.5) is 0 Å². The van der Waals surface area contributed by atoms with Crippen molar-refractivity contribution in [3.05, 3.63) is 106 Å². The van der Waals surface area contributed by atoms with E-state index in [-0.39, 0.29) is 34.8 Å². The van der Waals surface area contributed by atoms with Gasteiger partial charge in [-0.2, -0.15) is 0 Å². The van der Waals surface area contributed by atoms with Gasteiger partial charge < -0.3 is 34.3 Å². The fourth-order valence-corrected chi connectivity index (χ4v) is 6.95. The first kappa shape index (κ1) is 41.1. The maximum Gasteiger partial charge on any atom is 0.237 e. The number of carbonyl (C=O) groups is 1. The van der Waals surface area contributed by atoms with Gasteiger partial charge in [0, 0.05) is 7.11 Å². The highest BCUT2D eigenvalue weighted by molar-refractivity contribution is 5.82. The average molecular weight is 729 g/mol. The minimum atomic E-state index is -0.779. The van der Waals surface area contributed by atoms with Gasteiger partial charge >= 0.3 is 0 Å². The van der Waals surface area contributed by atoms with Crippen molar-refractivity contribution in [1.29, 1.82) is 0 Å². The standard InChI is InChI=1S/C45H64N2O6/c1-43(2,3)33-19-13-30(14-20-33)26-50-29-37-39(51-27-31-15-21-34(22-16-31)44(4,5)6)40(52-28-32-17-23-35(24-18-32)45(7,8)9)38(42(49-10)53-37)47-41(48)36-12-11-25-46-36/h13-24,36-40,42,46H,11-12,25-29H2,1-10H3,(H,47,48)/t36-,37+,38+,39+,40+,42-/m0/s1. The van der Waals surface area contributed by atoms with Crippen molar-refractivity contribution >= 4 is 5.91 Å². The lowest BCUT2D eigenvalue weighted by molar-refractivity contribution is -0.284. The number of methoxy groups -OCH3 is 1. The fraction of sp³-hybridized carbons (Fsp3) is 0.578. The van der Waals surface area contributed by atoms with Crippen LogP contribution in [0.2, 0.25) is 0 Å². The first-order valence-corrected chi connectivity index (χ1v) is 19.3. The Bertz CT molecular complexity index is 1580. The fourth-order valence-electron chi connectivity index (χ4n) is 6.95. The van der Waals surface area contributed by atoms with E-state index in [4.69, 9.17) is 23.7 Å². The smallest absolute Gasteiger partial charge is 0.237 e. The summed E-state index contributed by atoms with van der Waals surface area (Å²) in [6.45, 7) is 22.0. The molecule has 0 spiro atoms. The molecule has 0 unspecified atom stereocenters. The molecule has 2 heterocycles. The number of benzene rings is 3. The number of nitrogens with one attached hydrogen (secondary N) is 2. The Balaban J connectivity index is 1.41. The molecule has 0 bridgehead atoms. The maximum atomic E-state index is 13.6. The molecule has 2 N–H and O–H groups in total. The largest absolute Gasteiger partial charge is 0.374 e. The van der Waals surface area contributed by atoms with E-state index < -0.39 is 30.6 Å². The van der Waals surface area contributed by atoms with Gasteiger partial charge in [-0.15, -0.1) is 0 Å². The molecule has 6 atom stereocenters. The Kier molecular flexibility index (Phi) is 13.6. The highest BCUT2D eigenvalue weighted by Crippen LogP contribution is 2.31. The lowest BCUT2D eigenvalue weighted by atomic mass is 9.87. The molecule has 2 aliphatic rings. The van der Waals surface area contributed by atoms with Crippen molar-refractivity contribution < 1.29 is 28.5 Å². The molecule has 0 saturated carbocycles. The van der Waals surface area contributed by atoms with E-state index in [1.54, 1.807) is 7.11 Å². The molecule has 8 heteroatoms. The van der Waals surface area contributed by atoms with Crippen molar-refractivity contribution in [2.75, 3.05) is 20.3 Å². The topological polar surface area (TPSA) is 87.3 Å². The molecule has 2 aliphatic heterocycles. The van der Waals surface area contributed by atoms with E-state index in [0.717, 1.165) is 36.1 Å². The molecular formula is C45H64N2O6. The van der Waals surface area contributed by atoms with E-state index >= 15 is 0 Å². The highest BCUT2D eigenvalue weighted by atomic mass is 16.7. The quantitative estimate of drug-likeness (QED) is 0.185. The van der Waals surface area contributed by atoms with Gasteiger partial charge in [-0.3, -0.25) is 4.79 Å². The van der Waals surface area contributed by atoms with E-state index in [9.17, 15) is 4.79 Å². The highest BCUT2D eigenvalue weighted by Gasteiger charge is 2.49. The summed E-state index contributed by atoms with van der Waals surface area (Å²) in [4.78, 5) is 13.6. The first-order valence-electron chi connectivity index (χ1n) is 19.3. The SMILES string of the molecule is CO[C@H]1O[C@H](COCc2ccc(C(C)(C)C)cc2)[C@@H](OCc2ccc(C(C)(C)C)cc2)[C@H](OCc2ccc(C(C)(C)C)cc2)[C@H]1NC(=O)[C@@H]1CCCN1. The van der Waals surface area contributed by atoms with Crippen molar-refractivity contribution in [1.82, 2.24) is 10.6 Å². The third kappa shape index (κ3) is 11.2. The molecule has 3 aromatic carbocycles. The summed E-state index contributed by atoms with van der Waals surface area (Å²) >= 11 is 0. The zero-order valence-corrected chi connectivity index (χ0v) is 33.8. The minimum Gasteiger partial charge on any atom is -0.374 e. The van der Waals surface area contributed by atoms with Gasteiger partial charge in [-0.05, 0) is 69.0 Å². The van der Waals surface area contributed by atoms with Crippen LogP contribution < -0.4 is 10.6 Å². The maximum absolute atomic E-state index is 13.6. The number of amides is 1. The molecule has 1 amide bonds. The predicted molar refractivity (Wildman–Crippen MR) is 211 cm³/mol. The first-order chi connectivity index (χ1) is 25.0. The van der Waals surface area contributed by atoms with Crippen LogP contribution in [-0.4, -0.2) is 62.9 Å². The van der Waals surface area contributed by atoms with Gasteiger partial charge in [0.1, 0.15) is 24.4 Å². The molecule has 0 radical (unpaired) electrons. The Morgan fingerprint density at radius 2 is 1.15 bits per heavy atom. The zero-order chi connectivity index (χ0) is 38.4. The van der Waals surface area contributed by atoms with Crippen LogP contribution in [0.25, 0.3) is 0 Å². The third-order valence-electron chi connectivity index (χ3n) is 10.5. The van der Waals surface area contributed by atoms with E-state index in [2.05, 4.69) is 146 Å². The minimum absolute atomic E-state index is 0.0430. The summed E-state index contributed by atoms with van der Waals surface area (Å²) in [5, 5.41) is 6.57. The van der Waals surface area contributed by atoms with Crippen LogP contribution in [0, 0.1) is 0 Å². The Hall–Kier alpha value is -3.11. The van der Waals surface area contributed by atoms with Gasteiger partial charge in [0.05, 0.1) is 32.5 Å². The number of hydrogen-bond donors (Lipinski definition) is 2. The van der Waals surface area contributed by atoms with Gasteiger partial charge in [0.2, 0.25) is 5.91 Å². The van der Waals surface area contributed by atoms with Gasteiger partial charge in [-0.1, -0.05) is 135 Å². The molecule has 290 valence electrons. The molecule has 0 aliphatic carbocycles. The zero-order valence-electron chi connectivity index (χ0n) is 33.8. The normalized spacial score (nSPS) is 24.0. The van der Waals surface area contributed by atoms with Crippen molar-refractivity contribution in [3.8, 4) is 0 Å². The molecule has 0 aromatic heterocycles.